The van der Waals surface area contributed by atoms with E-state index in [9.17, 15) is 9.90 Å². The predicted octanol–water partition coefficient (Wildman–Crippen LogP) is 2.13. The molecular formula is C22H20N4O2. The van der Waals surface area contributed by atoms with Gasteiger partial charge >= 0.3 is 0 Å². The highest BCUT2D eigenvalue weighted by atomic mass is 16.3. The number of amides is 1. The molecule has 1 amide bonds. The number of likely N-dealkylation sites (N-methyl/N-ethyl adjacent to an activating group) is 1. The summed E-state index contributed by atoms with van der Waals surface area (Å²) in [6.07, 6.45) is 1.97. The van der Waals surface area contributed by atoms with Crippen molar-refractivity contribution in [2.45, 2.75) is 18.9 Å². The number of hydrogen-bond donors (Lipinski definition) is 2. The summed E-state index contributed by atoms with van der Waals surface area (Å²) in [4.78, 5) is 22.4. The van der Waals surface area contributed by atoms with Gasteiger partial charge in [0.25, 0.3) is 5.91 Å². The van der Waals surface area contributed by atoms with Crippen LogP contribution in [0.25, 0.3) is 22.2 Å². The van der Waals surface area contributed by atoms with Gasteiger partial charge in [-0.1, -0.05) is 24.0 Å². The molecular weight excluding hydrogens is 352 g/mol. The molecule has 0 bridgehead atoms. The predicted molar refractivity (Wildman–Crippen MR) is 108 cm³/mol. The van der Waals surface area contributed by atoms with E-state index in [0.717, 1.165) is 22.2 Å². The molecule has 4 rings (SSSR count). The molecule has 0 aliphatic carbocycles. The third-order valence-corrected chi connectivity index (χ3v) is 5.07. The van der Waals surface area contributed by atoms with Crippen molar-refractivity contribution in [3.8, 4) is 23.1 Å². The topological polar surface area (TPSA) is 92.3 Å². The monoisotopic (exact) mass is 372 g/mol. The molecule has 140 valence electrons. The number of likely N-dealkylation sites (tertiary alicyclic amines) is 1. The summed E-state index contributed by atoms with van der Waals surface area (Å²) in [7, 11) is 1.66. The van der Waals surface area contributed by atoms with Gasteiger partial charge in [0.15, 0.2) is 0 Å². The van der Waals surface area contributed by atoms with Crippen molar-refractivity contribution in [2.75, 3.05) is 19.3 Å². The van der Waals surface area contributed by atoms with Crippen LogP contribution in [0.4, 0.5) is 5.82 Å². The van der Waals surface area contributed by atoms with Crippen LogP contribution in [0, 0.1) is 18.8 Å². The molecule has 1 aliphatic rings. The van der Waals surface area contributed by atoms with E-state index in [2.05, 4.69) is 21.8 Å². The quantitative estimate of drug-likeness (QED) is 0.639. The van der Waals surface area contributed by atoms with Gasteiger partial charge in [0.2, 0.25) is 5.60 Å². The highest BCUT2D eigenvalue weighted by molar-refractivity contribution is 5.91. The Bertz CT molecular complexity index is 1160. The largest absolute Gasteiger partial charge is 0.382 e. The van der Waals surface area contributed by atoms with E-state index >= 15 is 0 Å². The van der Waals surface area contributed by atoms with Crippen molar-refractivity contribution >= 4 is 22.6 Å². The highest BCUT2D eigenvalue weighted by Crippen LogP contribution is 2.27. The highest BCUT2D eigenvalue weighted by Gasteiger charge is 2.42. The zero-order chi connectivity index (χ0) is 19.9. The third-order valence-electron chi connectivity index (χ3n) is 5.07. The van der Waals surface area contributed by atoms with Gasteiger partial charge in [0.1, 0.15) is 11.3 Å². The second kappa shape index (κ2) is 6.63. The van der Waals surface area contributed by atoms with Gasteiger partial charge in [0, 0.05) is 42.7 Å². The molecule has 3 N–H and O–H groups in total. The van der Waals surface area contributed by atoms with E-state index in [1.807, 2.05) is 43.3 Å². The van der Waals surface area contributed by atoms with Crippen LogP contribution in [-0.4, -0.2) is 45.1 Å². The summed E-state index contributed by atoms with van der Waals surface area (Å²) in [5.41, 5.74) is 8.44. The number of fused-ring (bicyclic) bond motifs is 1. The maximum atomic E-state index is 12.1. The maximum absolute atomic E-state index is 12.1. The number of benzene rings is 1. The summed E-state index contributed by atoms with van der Waals surface area (Å²) in [5, 5.41) is 11.4. The fourth-order valence-electron chi connectivity index (χ4n) is 3.34. The first-order valence-corrected chi connectivity index (χ1v) is 9.01. The number of hydrogen-bond acceptors (Lipinski definition) is 5. The molecule has 0 unspecified atom stereocenters. The second-order valence-electron chi connectivity index (χ2n) is 7.08. The first kappa shape index (κ1) is 18.0. The Balaban J connectivity index is 1.74. The van der Waals surface area contributed by atoms with Crippen molar-refractivity contribution in [1.29, 1.82) is 0 Å². The maximum Gasteiger partial charge on any atom is 0.267 e. The van der Waals surface area contributed by atoms with Crippen LogP contribution >= 0.6 is 0 Å². The smallest absolute Gasteiger partial charge is 0.267 e. The Morgan fingerprint density at radius 3 is 2.82 bits per heavy atom. The summed E-state index contributed by atoms with van der Waals surface area (Å²) in [5.74, 6) is 5.74. The van der Waals surface area contributed by atoms with Crippen LogP contribution in [0.5, 0.6) is 0 Å². The number of nitrogen functional groups attached to an aromatic ring is 1. The summed E-state index contributed by atoms with van der Waals surface area (Å²) in [6.45, 7) is 2.49. The first-order valence-electron chi connectivity index (χ1n) is 9.01. The van der Waals surface area contributed by atoms with Crippen LogP contribution in [-0.2, 0) is 4.79 Å². The van der Waals surface area contributed by atoms with Gasteiger partial charge < -0.3 is 15.7 Å². The lowest BCUT2D eigenvalue weighted by Gasteiger charge is -2.13. The van der Waals surface area contributed by atoms with E-state index < -0.39 is 5.60 Å². The lowest BCUT2D eigenvalue weighted by atomic mass is 9.99. The van der Waals surface area contributed by atoms with Crippen molar-refractivity contribution in [1.82, 2.24) is 14.9 Å². The molecule has 0 spiro atoms. The van der Waals surface area contributed by atoms with E-state index in [4.69, 9.17) is 5.73 Å². The van der Waals surface area contributed by atoms with Gasteiger partial charge in [0.05, 0.1) is 5.69 Å². The Morgan fingerprint density at radius 2 is 2.07 bits per heavy atom. The Labute approximate surface area is 163 Å². The van der Waals surface area contributed by atoms with Gasteiger partial charge in [-0.05, 0) is 36.8 Å². The van der Waals surface area contributed by atoms with Crippen LogP contribution < -0.4 is 5.73 Å². The number of pyridine rings is 2. The lowest BCUT2D eigenvalue weighted by molar-refractivity contribution is -0.137. The number of nitrogens with zero attached hydrogens (tertiary/aromatic N) is 3. The Morgan fingerprint density at radius 1 is 1.25 bits per heavy atom. The molecule has 1 aliphatic heterocycles. The minimum atomic E-state index is -1.61. The molecule has 0 radical (unpaired) electrons. The second-order valence-corrected chi connectivity index (χ2v) is 7.08. The number of rotatable bonds is 1. The lowest BCUT2D eigenvalue weighted by Crippen LogP contribution is -2.37. The zero-order valence-corrected chi connectivity index (χ0v) is 15.7. The van der Waals surface area contributed by atoms with E-state index in [1.54, 1.807) is 13.2 Å². The summed E-state index contributed by atoms with van der Waals surface area (Å²) < 4.78 is 0. The number of carbonyl (C=O) groups is 1. The van der Waals surface area contributed by atoms with Crippen molar-refractivity contribution in [2.24, 2.45) is 0 Å². The molecule has 6 heteroatoms. The summed E-state index contributed by atoms with van der Waals surface area (Å²) in [6, 6.07) is 11.5. The number of aromatic nitrogens is 2. The van der Waals surface area contributed by atoms with Gasteiger partial charge in [-0.15, -0.1) is 0 Å². The van der Waals surface area contributed by atoms with Gasteiger partial charge in [-0.3, -0.25) is 4.79 Å². The average molecular weight is 372 g/mol. The molecule has 1 saturated heterocycles. The number of aryl methyl sites for hydroxylation is 1. The fraction of sp³-hybridized carbons (Fsp3) is 0.227. The molecule has 2 aromatic heterocycles. The van der Waals surface area contributed by atoms with Gasteiger partial charge in [-0.25, -0.2) is 9.97 Å². The number of anilines is 1. The third kappa shape index (κ3) is 3.06. The van der Waals surface area contributed by atoms with Crippen LogP contribution in [0.15, 0.2) is 42.6 Å². The number of carbonyl (C=O) groups excluding carboxylic acids is 1. The SMILES string of the molecule is Cc1ccc(C#C[C@]2(O)CCN(C)C2=O)cc1-c1ccc2ccnc(N)c2n1. The number of aliphatic hydroxyl groups is 1. The van der Waals surface area contributed by atoms with Crippen LogP contribution in [0.2, 0.25) is 0 Å². The molecule has 3 aromatic rings. The number of nitrogens with two attached hydrogens (primary N) is 1. The average Bonchev–Trinajstić information content (AvgIpc) is 2.95. The van der Waals surface area contributed by atoms with Gasteiger partial charge in [-0.2, -0.15) is 0 Å². The Hall–Kier alpha value is -3.43. The van der Waals surface area contributed by atoms with Crippen LogP contribution in [0.1, 0.15) is 17.5 Å². The molecule has 28 heavy (non-hydrogen) atoms. The standard InChI is InChI=1S/C22H20N4O2/c1-14-3-4-15(7-9-22(28)10-12-26(2)21(22)27)13-17(14)18-6-5-16-8-11-24-20(23)19(16)25-18/h3-6,8,11,13,28H,10,12H2,1-2H3,(H2,23,24)/t22-/m0/s1. The van der Waals surface area contributed by atoms with Crippen LogP contribution in [0.3, 0.4) is 0 Å². The fourth-order valence-corrected chi connectivity index (χ4v) is 3.34. The first-order chi connectivity index (χ1) is 13.4. The molecule has 1 atom stereocenters. The normalized spacial score (nSPS) is 19.0. The molecule has 1 aromatic carbocycles. The molecule has 0 saturated carbocycles. The molecule has 3 heterocycles. The zero-order valence-electron chi connectivity index (χ0n) is 15.7. The molecule has 6 nitrogen and oxygen atoms in total. The van der Waals surface area contributed by atoms with Crippen molar-refractivity contribution in [3.63, 3.8) is 0 Å². The minimum absolute atomic E-state index is 0.312. The van der Waals surface area contributed by atoms with Crippen molar-refractivity contribution < 1.29 is 9.90 Å². The minimum Gasteiger partial charge on any atom is -0.382 e. The van der Waals surface area contributed by atoms with E-state index in [-0.39, 0.29) is 5.91 Å². The Kier molecular flexibility index (Phi) is 4.25. The molecule has 1 fully saturated rings. The van der Waals surface area contributed by atoms with E-state index in [1.165, 1.54) is 4.90 Å². The van der Waals surface area contributed by atoms with Crippen molar-refractivity contribution in [3.05, 3.63) is 53.7 Å². The van der Waals surface area contributed by atoms with E-state index in [0.29, 0.717) is 29.9 Å². The summed E-state index contributed by atoms with van der Waals surface area (Å²) >= 11 is 0.